The smallest absolute Gasteiger partial charge is 0.130 e. The first-order valence-corrected chi connectivity index (χ1v) is 6.94. The molecule has 0 aliphatic heterocycles. The minimum atomic E-state index is -0.216. The maximum Gasteiger partial charge on any atom is 0.130 e. The highest BCUT2D eigenvalue weighted by molar-refractivity contribution is 6.34. The van der Waals surface area contributed by atoms with Gasteiger partial charge in [-0.1, -0.05) is 35.3 Å². The number of halogens is 3. The van der Waals surface area contributed by atoms with E-state index in [0.29, 0.717) is 28.0 Å². The summed E-state index contributed by atoms with van der Waals surface area (Å²) in [6.07, 6.45) is 0.506. The summed E-state index contributed by atoms with van der Waals surface area (Å²) in [4.78, 5) is 0. The number of hydrogen-bond acceptors (Lipinski definition) is 3. The van der Waals surface area contributed by atoms with Crippen LogP contribution >= 0.6 is 35.6 Å². The molecule has 2 aromatic carbocycles. The summed E-state index contributed by atoms with van der Waals surface area (Å²) in [7, 11) is 0. The van der Waals surface area contributed by atoms with E-state index in [1.165, 1.54) is 0 Å². The summed E-state index contributed by atoms with van der Waals surface area (Å²) in [5.74, 6) is 1.21. The second-order valence-corrected chi connectivity index (χ2v) is 5.27. The molecule has 1 atom stereocenters. The van der Waals surface area contributed by atoms with Gasteiger partial charge in [0.2, 0.25) is 0 Å². The van der Waals surface area contributed by atoms with Crippen molar-refractivity contribution < 1.29 is 9.84 Å². The van der Waals surface area contributed by atoms with Crippen molar-refractivity contribution in [2.75, 3.05) is 6.61 Å². The van der Waals surface area contributed by atoms with Gasteiger partial charge in [-0.05, 0) is 42.3 Å². The van der Waals surface area contributed by atoms with Gasteiger partial charge in [0.1, 0.15) is 11.5 Å². The molecular weight excluding hydrogens is 333 g/mol. The Bertz CT molecular complexity index is 573. The Morgan fingerprint density at radius 2 is 1.71 bits per heavy atom. The summed E-state index contributed by atoms with van der Waals surface area (Å²) >= 11 is 11.9. The van der Waals surface area contributed by atoms with Crippen molar-refractivity contribution in [3.8, 4) is 11.5 Å². The van der Waals surface area contributed by atoms with Crippen LogP contribution in [0.5, 0.6) is 11.5 Å². The molecule has 3 nitrogen and oxygen atoms in total. The van der Waals surface area contributed by atoms with E-state index in [1.807, 2.05) is 24.3 Å². The Balaban J connectivity index is 0.00000220. The molecule has 21 heavy (non-hydrogen) atoms. The van der Waals surface area contributed by atoms with Crippen LogP contribution in [0.4, 0.5) is 0 Å². The van der Waals surface area contributed by atoms with E-state index < -0.39 is 0 Å². The molecule has 0 fully saturated rings. The fourth-order valence-electron chi connectivity index (χ4n) is 1.84. The van der Waals surface area contributed by atoms with Gasteiger partial charge >= 0.3 is 0 Å². The lowest BCUT2D eigenvalue weighted by atomic mass is 10.1. The maximum atomic E-state index is 8.92. The zero-order valence-electron chi connectivity index (χ0n) is 11.1. The highest BCUT2D eigenvalue weighted by atomic mass is 35.5. The van der Waals surface area contributed by atoms with E-state index in [4.69, 9.17) is 38.8 Å². The summed E-state index contributed by atoms with van der Waals surface area (Å²) in [6.45, 7) is 0.0517. The number of rotatable bonds is 5. The monoisotopic (exact) mass is 347 g/mol. The van der Waals surface area contributed by atoms with Crippen LogP contribution in [0.3, 0.4) is 0 Å². The maximum absolute atomic E-state index is 8.92. The largest absolute Gasteiger partial charge is 0.457 e. The quantitative estimate of drug-likeness (QED) is 0.831. The van der Waals surface area contributed by atoms with E-state index in [2.05, 4.69) is 0 Å². The van der Waals surface area contributed by atoms with Crippen molar-refractivity contribution in [1.29, 1.82) is 0 Å². The van der Waals surface area contributed by atoms with Crippen LogP contribution in [-0.2, 0) is 0 Å². The fraction of sp³-hybridized carbons (Fsp3) is 0.200. The molecule has 114 valence electrons. The van der Waals surface area contributed by atoms with E-state index in [0.717, 1.165) is 5.56 Å². The van der Waals surface area contributed by atoms with Gasteiger partial charge in [-0.3, -0.25) is 0 Å². The molecule has 1 unspecified atom stereocenters. The average Bonchev–Trinajstić information content (AvgIpc) is 2.38. The molecule has 6 heteroatoms. The number of benzene rings is 2. The Labute approximate surface area is 140 Å². The molecule has 0 bridgehead atoms. The van der Waals surface area contributed by atoms with Gasteiger partial charge in [-0.2, -0.15) is 0 Å². The molecule has 2 rings (SSSR count). The molecule has 2 aromatic rings. The van der Waals surface area contributed by atoms with Crippen LogP contribution in [0.15, 0.2) is 42.5 Å². The number of aliphatic hydroxyl groups excluding tert-OH is 1. The standard InChI is InChI=1S/C15H15Cl2NO2.ClH/c16-11-7-12(17)9-14(8-11)20-13-3-1-2-10(6-13)15(18)4-5-19;/h1-3,6-9,15,19H,4-5,18H2;1H. The molecule has 0 radical (unpaired) electrons. The third-order valence-electron chi connectivity index (χ3n) is 2.80. The minimum absolute atomic E-state index is 0. The number of hydrogen-bond donors (Lipinski definition) is 2. The van der Waals surface area contributed by atoms with Crippen LogP contribution in [-0.4, -0.2) is 11.7 Å². The van der Waals surface area contributed by atoms with Gasteiger partial charge in [0.25, 0.3) is 0 Å². The molecule has 3 N–H and O–H groups in total. The van der Waals surface area contributed by atoms with E-state index >= 15 is 0 Å². The van der Waals surface area contributed by atoms with Gasteiger partial charge in [-0.25, -0.2) is 0 Å². The lowest BCUT2D eigenvalue weighted by molar-refractivity contribution is 0.276. The van der Waals surface area contributed by atoms with Crippen molar-refractivity contribution in [3.63, 3.8) is 0 Å². The van der Waals surface area contributed by atoms with Crippen LogP contribution in [0, 0.1) is 0 Å². The second-order valence-electron chi connectivity index (χ2n) is 4.40. The Morgan fingerprint density at radius 3 is 2.33 bits per heavy atom. The van der Waals surface area contributed by atoms with E-state index in [-0.39, 0.29) is 25.1 Å². The van der Waals surface area contributed by atoms with Crippen molar-refractivity contribution in [2.45, 2.75) is 12.5 Å². The molecule has 0 spiro atoms. The molecule has 0 aliphatic rings. The van der Waals surface area contributed by atoms with E-state index in [1.54, 1.807) is 18.2 Å². The zero-order valence-corrected chi connectivity index (χ0v) is 13.5. The van der Waals surface area contributed by atoms with Crippen molar-refractivity contribution >= 4 is 35.6 Å². The molecule has 0 aliphatic carbocycles. The van der Waals surface area contributed by atoms with Gasteiger partial charge in [0, 0.05) is 22.7 Å². The predicted octanol–water partition coefficient (Wildman–Crippen LogP) is 4.59. The minimum Gasteiger partial charge on any atom is -0.457 e. The van der Waals surface area contributed by atoms with Gasteiger partial charge in [0.05, 0.1) is 0 Å². The van der Waals surface area contributed by atoms with Crippen molar-refractivity contribution in [3.05, 3.63) is 58.1 Å². The first kappa shape index (κ1) is 18.1. The Hall–Kier alpha value is -0.970. The normalized spacial score (nSPS) is 11.6. The molecule has 0 saturated heterocycles. The summed E-state index contributed by atoms with van der Waals surface area (Å²) in [6, 6.07) is 12.2. The lowest BCUT2D eigenvalue weighted by Gasteiger charge is -2.12. The number of aliphatic hydroxyl groups is 1. The first-order valence-electron chi connectivity index (χ1n) is 6.19. The molecular formula is C15H16Cl3NO2. The third kappa shape index (κ3) is 5.38. The van der Waals surface area contributed by atoms with Crippen LogP contribution in [0.25, 0.3) is 0 Å². The van der Waals surface area contributed by atoms with Crippen molar-refractivity contribution in [2.24, 2.45) is 5.73 Å². The second kappa shape index (κ2) is 8.47. The van der Waals surface area contributed by atoms with Gasteiger partial charge < -0.3 is 15.6 Å². The SMILES string of the molecule is Cl.NC(CCO)c1cccc(Oc2cc(Cl)cc(Cl)c2)c1. The summed E-state index contributed by atoms with van der Waals surface area (Å²) in [5, 5.41) is 9.95. The highest BCUT2D eigenvalue weighted by Crippen LogP contribution is 2.29. The van der Waals surface area contributed by atoms with Crippen LogP contribution < -0.4 is 10.5 Å². The fourth-order valence-corrected chi connectivity index (χ4v) is 2.34. The summed E-state index contributed by atoms with van der Waals surface area (Å²) < 4.78 is 5.72. The molecule has 0 saturated carbocycles. The van der Waals surface area contributed by atoms with Gasteiger partial charge in [-0.15, -0.1) is 12.4 Å². The molecule has 0 aromatic heterocycles. The lowest BCUT2D eigenvalue weighted by Crippen LogP contribution is -2.11. The molecule has 0 heterocycles. The Kier molecular flexibility index (Phi) is 7.29. The third-order valence-corrected chi connectivity index (χ3v) is 3.23. The topological polar surface area (TPSA) is 55.5 Å². The van der Waals surface area contributed by atoms with E-state index in [9.17, 15) is 0 Å². The highest BCUT2D eigenvalue weighted by Gasteiger charge is 2.07. The summed E-state index contributed by atoms with van der Waals surface area (Å²) in [5.41, 5.74) is 6.87. The first-order chi connectivity index (χ1) is 9.58. The van der Waals surface area contributed by atoms with Crippen LogP contribution in [0.1, 0.15) is 18.0 Å². The number of ether oxygens (including phenoxy) is 1. The average molecular weight is 349 g/mol. The van der Waals surface area contributed by atoms with Gasteiger partial charge in [0.15, 0.2) is 0 Å². The number of nitrogens with two attached hydrogens (primary N) is 1. The predicted molar refractivity (Wildman–Crippen MR) is 88.9 cm³/mol. The van der Waals surface area contributed by atoms with Crippen molar-refractivity contribution in [1.82, 2.24) is 0 Å². The Morgan fingerprint density at radius 1 is 1.05 bits per heavy atom. The van der Waals surface area contributed by atoms with Crippen LogP contribution in [0.2, 0.25) is 10.0 Å². The zero-order chi connectivity index (χ0) is 14.5. The molecule has 0 amide bonds.